The zero-order valence-electron chi connectivity index (χ0n) is 18.4. The van der Waals surface area contributed by atoms with Crippen molar-refractivity contribution in [3.63, 3.8) is 0 Å². The topological polar surface area (TPSA) is 91.5 Å². The van der Waals surface area contributed by atoms with Gasteiger partial charge in [-0.25, -0.2) is 0 Å². The van der Waals surface area contributed by atoms with Gasteiger partial charge in [-0.15, -0.1) is 24.0 Å². The maximum absolute atomic E-state index is 5.31. The normalized spacial score (nSPS) is 18.9. The number of aromatic nitrogens is 3. The zero-order chi connectivity index (χ0) is 21.5. The highest BCUT2D eigenvalue weighted by molar-refractivity contribution is 14.0. The van der Waals surface area contributed by atoms with Crippen LogP contribution in [-0.4, -0.2) is 58.2 Å². The minimum Gasteiger partial charge on any atom is -0.356 e. The second kappa shape index (κ2) is 11.9. The molecule has 1 aromatic carbocycles. The Bertz CT molecular complexity index is 980. The minimum atomic E-state index is 0. The number of halogens is 1. The molecule has 1 aliphatic heterocycles. The number of benzene rings is 1. The first-order chi connectivity index (χ1) is 15.2. The van der Waals surface area contributed by atoms with E-state index < -0.39 is 0 Å². The fourth-order valence-corrected chi connectivity index (χ4v) is 3.87. The number of pyridine rings is 1. The molecule has 32 heavy (non-hydrogen) atoms. The molecule has 0 saturated carbocycles. The Morgan fingerprint density at radius 1 is 1.19 bits per heavy atom. The van der Waals surface area contributed by atoms with E-state index in [2.05, 4.69) is 72.9 Å². The van der Waals surface area contributed by atoms with Gasteiger partial charge in [-0.3, -0.25) is 14.9 Å². The molecule has 2 atom stereocenters. The number of hydrogen-bond donors (Lipinski definition) is 2. The van der Waals surface area contributed by atoms with E-state index in [1.54, 1.807) is 13.2 Å². The summed E-state index contributed by atoms with van der Waals surface area (Å²) in [6.07, 6.45) is 3.44. The highest BCUT2D eigenvalue weighted by Crippen LogP contribution is 2.20. The molecule has 0 aliphatic carbocycles. The van der Waals surface area contributed by atoms with E-state index in [0.29, 0.717) is 42.5 Å². The van der Waals surface area contributed by atoms with Crippen molar-refractivity contribution in [1.29, 1.82) is 0 Å². The second-order valence-corrected chi connectivity index (χ2v) is 7.82. The van der Waals surface area contributed by atoms with Gasteiger partial charge >= 0.3 is 0 Å². The predicted octanol–water partition coefficient (Wildman–Crippen LogP) is 3.12. The molecule has 0 radical (unpaired) electrons. The Morgan fingerprint density at radius 3 is 2.75 bits per heavy atom. The average Bonchev–Trinajstić information content (AvgIpc) is 3.41. The smallest absolute Gasteiger partial charge is 0.276 e. The fraction of sp³-hybridized carbons (Fsp3) is 0.391. The lowest BCUT2D eigenvalue weighted by Crippen LogP contribution is -2.45. The van der Waals surface area contributed by atoms with E-state index >= 15 is 0 Å². The molecule has 1 saturated heterocycles. The van der Waals surface area contributed by atoms with Gasteiger partial charge in [0.05, 0.1) is 0 Å². The van der Waals surface area contributed by atoms with Crippen molar-refractivity contribution in [2.75, 3.05) is 20.1 Å². The fourth-order valence-electron chi connectivity index (χ4n) is 3.87. The van der Waals surface area contributed by atoms with Crippen LogP contribution in [-0.2, 0) is 13.0 Å². The molecule has 170 valence electrons. The molecule has 1 fully saturated rings. The molecular formula is C23H30IN7O. The van der Waals surface area contributed by atoms with Gasteiger partial charge in [0.15, 0.2) is 11.8 Å². The largest absolute Gasteiger partial charge is 0.356 e. The van der Waals surface area contributed by atoms with Gasteiger partial charge in [0.1, 0.15) is 5.69 Å². The summed E-state index contributed by atoms with van der Waals surface area (Å²) in [4.78, 5) is 15.5. The molecule has 0 spiro atoms. The van der Waals surface area contributed by atoms with E-state index in [-0.39, 0.29) is 24.0 Å². The van der Waals surface area contributed by atoms with Crippen LogP contribution in [0.5, 0.6) is 0 Å². The quantitative estimate of drug-likeness (QED) is 0.267. The third kappa shape index (κ3) is 6.49. The van der Waals surface area contributed by atoms with Crippen molar-refractivity contribution >= 4 is 29.9 Å². The maximum Gasteiger partial charge on any atom is 0.276 e. The van der Waals surface area contributed by atoms with Crippen LogP contribution in [0.3, 0.4) is 0 Å². The average molecular weight is 547 g/mol. The van der Waals surface area contributed by atoms with Gasteiger partial charge in [-0.1, -0.05) is 41.6 Å². The molecule has 0 amide bonds. The number of rotatable bonds is 7. The molecular weight excluding hydrogens is 517 g/mol. The summed E-state index contributed by atoms with van der Waals surface area (Å²) in [6, 6.07) is 17.1. The molecule has 1 aliphatic rings. The Morgan fingerprint density at radius 2 is 2.00 bits per heavy atom. The van der Waals surface area contributed by atoms with E-state index in [9.17, 15) is 0 Å². The number of guanidine groups is 1. The molecule has 3 aromatic rings. The van der Waals surface area contributed by atoms with Gasteiger partial charge in [0.25, 0.3) is 5.89 Å². The summed E-state index contributed by atoms with van der Waals surface area (Å²) in [6.45, 7) is 4.92. The highest BCUT2D eigenvalue weighted by atomic mass is 127. The molecule has 2 unspecified atom stereocenters. The van der Waals surface area contributed by atoms with E-state index in [0.717, 1.165) is 25.5 Å². The Hall–Kier alpha value is -2.53. The van der Waals surface area contributed by atoms with Crippen LogP contribution in [0.1, 0.15) is 24.7 Å². The monoisotopic (exact) mass is 547 g/mol. The Kier molecular flexibility index (Phi) is 8.98. The van der Waals surface area contributed by atoms with Crippen molar-refractivity contribution in [3.8, 4) is 11.6 Å². The number of hydrogen-bond acceptors (Lipinski definition) is 6. The molecule has 2 aromatic heterocycles. The van der Waals surface area contributed by atoms with Crippen LogP contribution in [0.2, 0.25) is 0 Å². The first-order valence-electron chi connectivity index (χ1n) is 10.7. The molecule has 8 nitrogen and oxygen atoms in total. The summed E-state index contributed by atoms with van der Waals surface area (Å²) in [5.74, 6) is 1.89. The standard InChI is InChI=1S/C23H29N7O.HI/c1-17-14-19(16-30(17)15-18-8-4-3-5-9-18)27-23(24-2)26-13-11-21-28-22(31-29-21)20-10-6-7-12-25-20;/h3-10,12,17,19H,11,13-16H2,1-2H3,(H2,24,26,27);1H. The first kappa shape index (κ1) is 24.1. The van der Waals surface area contributed by atoms with Crippen molar-refractivity contribution < 1.29 is 4.52 Å². The molecule has 3 heterocycles. The first-order valence-corrected chi connectivity index (χ1v) is 10.7. The lowest BCUT2D eigenvalue weighted by atomic mass is 10.2. The van der Waals surface area contributed by atoms with Gasteiger partial charge in [-0.2, -0.15) is 4.98 Å². The molecule has 9 heteroatoms. The van der Waals surface area contributed by atoms with Gasteiger partial charge in [0, 0.05) is 51.4 Å². The Labute approximate surface area is 205 Å². The third-order valence-electron chi connectivity index (χ3n) is 5.49. The van der Waals surface area contributed by atoms with Crippen LogP contribution >= 0.6 is 24.0 Å². The minimum absolute atomic E-state index is 0. The summed E-state index contributed by atoms with van der Waals surface area (Å²) >= 11 is 0. The number of nitrogens with one attached hydrogen (secondary N) is 2. The highest BCUT2D eigenvalue weighted by Gasteiger charge is 2.29. The summed E-state index contributed by atoms with van der Waals surface area (Å²) < 4.78 is 5.31. The zero-order valence-corrected chi connectivity index (χ0v) is 20.8. The number of likely N-dealkylation sites (tertiary alicyclic amines) is 1. The van der Waals surface area contributed by atoms with Crippen LogP contribution < -0.4 is 10.6 Å². The number of nitrogens with zero attached hydrogens (tertiary/aromatic N) is 5. The van der Waals surface area contributed by atoms with Gasteiger partial charge in [0.2, 0.25) is 0 Å². The van der Waals surface area contributed by atoms with Gasteiger partial charge < -0.3 is 15.2 Å². The van der Waals surface area contributed by atoms with Crippen LogP contribution in [0.15, 0.2) is 64.2 Å². The van der Waals surface area contributed by atoms with Crippen molar-refractivity contribution in [2.45, 2.75) is 38.4 Å². The third-order valence-corrected chi connectivity index (χ3v) is 5.49. The molecule has 4 rings (SSSR count). The second-order valence-electron chi connectivity index (χ2n) is 7.82. The number of aliphatic imine (C=N–C) groups is 1. The lowest BCUT2D eigenvalue weighted by molar-refractivity contribution is 0.258. The van der Waals surface area contributed by atoms with Crippen LogP contribution in [0, 0.1) is 0 Å². The van der Waals surface area contributed by atoms with E-state index in [4.69, 9.17) is 4.52 Å². The SMILES string of the molecule is CN=C(NCCc1noc(-c2ccccn2)n1)NC1CC(C)N(Cc2ccccc2)C1.I. The van der Waals surface area contributed by atoms with Crippen molar-refractivity contribution in [2.24, 2.45) is 4.99 Å². The van der Waals surface area contributed by atoms with Crippen molar-refractivity contribution in [1.82, 2.24) is 30.7 Å². The Balaban J connectivity index is 0.00000289. The summed E-state index contributed by atoms with van der Waals surface area (Å²) in [7, 11) is 1.79. The van der Waals surface area contributed by atoms with Gasteiger partial charge in [-0.05, 0) is 31.0 Å². The molecule has 0 bridgehead atoms. The molecule has 2 N–H and O–H groups in total. The van der Waals surface area contributed by atoms with Crippen LogP contribution in [0.25, 0.3) is 11.6 Å². The van der Waals surface area contributed by atoms with Crippen molar-refractivity contribution in [3.05, 3.63) is 66.1 Å². The lowest BCUT2D eigenvalue weighted by Gasteiger charge is -2.21. The predicted molar refractivity (Wildman–Crippen MR) is 136 cm³/mol. The summed E-state index contributed by atoms with van der Waals surface area (Å²) in [5, 5.41) is 11.0. The van der Waals surface area contributed by atoms with Crippen LogP contribution in [0.4, 0.5) is 0 Å². The van der Waals surface area contributed by atoms with E-state index in [1.165, 1.54) is 5.56 Å². The maximum atomic E-state index is 5.31. The van der Waals surface area contributed by atoms with E-state index in [1.807, 2.05) is 18.2 Å². The summed E-state index contributed by atoms with van der Waals surface area (Å²) in [5.41, 5.74) is 2.03.